The lowest BCUT2D eigenvalue weighted by Gasteiger charge is -2.24. The molecule has 5 nitrogen and oxygen atoms in total. The summed E-state index contributed by atoms with van der Waals surface area (Å²) in [6, 6.07) is 0. The zero-order valence-corrected chi connectivity index (χ0v) is 12.0. The van der Waals surface area contributed by atoms with Crippen LogP contribution in [0, 0.1) is 23.7 Å². The Kier molecular flexibility index (Phi) is 3.85. The summed E-state index contributed by atoms with van der Waals surface area (Å²) in [4.78, 5) is 25.4. The number of carbonyl (C=O) groups excluding carboxylic acids is 1. The molecule has 108 valence electrons. The number of carboxylic acid groups (broad SMARTS) is 1. The molecule has 2 aliphatic rings. The van der Waals surface area contributed by atoms with Gasteiger partial charge >= 0.3 is 5.97 Å². The molecule has 0 aromatic carbocycles. The van der Waals surface area contributed by atoms with Gasteiger partial charge in [0.25, 0.3) is 0 Å². The van der Waals surface area contributed by atoms with Crippen molar-refractivity contribution in [3.05, 3.63) is 0 Å². The molecule has 0 spiro atoms. The molecular weight excluding hydrogens is 246 g/mol. The molecule has 0 saturated carbocycles. The molecule has 2 saturated heterocycles. The molecule has 5 heteroatoms. The summed E-state index contributed by atoms with van der Waals surface area (Å²) in [5.74, 6) is -1.13. The standard InChI is InChI=1S/C14H23NO4/c1-7-5-15(6-11(7)14(17)18)13(16)12-8(2)9(3)19-10(12)4/h7-12H,5-6H2,1-4H3,(H,17,18)/t7-,8?,9?,10?,11-,12?/m1/s1. The van der Waals surface area contributed by atoms with Crippen LogP contribution in [0.3, 0.4) is 0 Å². The quantitative estimate of drug-likeness (QED) is 0.818. The van der Waals surface area contributed by atoms with Crippen molar-refractivity contribution in [2.24, 2.45) is 23.7 Å². The minimum Gasteiger partial charge on any atom is -0.481 e. The molecule has 1 amide bonds. The van der Waals surface area contributed by atoms with Gasteiger partial charge in [-0.2, -0.15) is 0 Å². The third-order valence-electron chi connectivity index (χ3n) is 4.77. The van der Waals surface area contributed by atoms with Crippen molar-refractivity contribution >= 4 is 11.9 Å². The number of ether oxygens (including phenoxy) is 1. The molecule has 2 aliphatic heterocycles. The van der Waals surface area contributed by atoms with E-state index in [1.807, 2.05) is 27.7 Å². The van der Waals surface area contributed by atoms with Gasteiger partial charge in [-0.3, -0.25) is 9.59 Å². The van der Waals surface area contributed by atoms with E-state index in [0.717, 1.165) is 0 Å². The molecule has 0 aromatic rings. The molecule has 2 fully saturated rings. The van der Waals surface area contributed by atoms with E-state index in [0.29, 0.717) is 13.1 Å². The Labute approximate surface area is 113 Å². The maximum absolute atomic E-state index is 12.6. The van der Waals surface area contributed by atoms with Gasteiger partial charge in [0, 0.05) is 13.1 Å². The highest BCUT2D eigenvalue weighted by Gasteiger charge is 2.46. The minimum atomic E-state index is -0.806. The number of amides is 1. The summed E-state index contributed by atoms with van der Waals surface area (Å²) in [5, 5.41) is 9.13. The van der Waals surface area contributed by atoms with Gasteiger partial charge in [0.15, 0.2) is 0 Å². The van der Waals surface area contributed by atoms with E-state index in [1.54, 1.807) is 4.90 Å². The first-order chi connectivity index (χ1) is 8.82. The van der Waals surface area contributed by atoms with E-state index in [-0.39, 0.29) is 35.9 Å². The average molecular weight is 269 g/mol. The van der Waals surface area contributed by atoms with Crippen LogP contribution < -0.4 is 0 Å². The van der Waals surface area contributed by atoms with Gasteiger partial charge < -0.3 is 14.7 Å². The number of carboxylic acids is 1. The second-order valence-corrected chi connectivity index (χ2v) is 6.10. The number of nitrogens with zero attached hydrogens (tertiary/aromatic N) is 1. The van der Waals surface area contributed by atoms with E-state index in [1.165, 1.54) is 0 Å². The van der Waals surface area contributed by atoms with E-state index in [4.69, 9.17) is 9.84 Å². The molecule has 0 aliphatic carbocycles. The van der Waals surface area contributed by atoms with Crippen molar-refractivity contribution in [1.82, 2.24) is 4.90 Å². The molecule has 2 heterocycles. The van der Waals surface area contributed by atoms with Gasteiger partial charge in [-0.1, -0.05) is 13.8 Å². The van der Waals surface area contributed by atoms with Crippen LogP contribution in [0.25, 0.3) is 0 Å². The van der Waals surface area contributed by atoms with Crippen molar-refractivity contribution in [3.8, 4) is 0 Å². The van der Waals surface area contributed by atoms with E-state index < -0.39 is 11.9 Å². The fourth-order valence-electron chi connectivity index (χ4n) is 3.37. The van der Waals surface area contributed by atoms with E-state index in [2.05, 4.69) is 0 Å². The Bertz CT molecular complexity index is 384. The van der Waals surface area contributed by atoms with Crippen LogP contribution in [0.15, 0.2) is 0 Å². The van der Waals surface area contributed by atoms with Gasteiger partial charge in [-0.15, -0.1) is 0 Å². The van der Waals surface area contributed by atoms with Crippen LogP contribution >= 0.6 is 0 Å². The number of hydrogen-bond acceptors (Lipinski definition) is 3. The lowest BCUT2D eigenvalue weighted by Crippen LogP contribution is -2.40. The zero-order valence-electron chi connectivity index (χ0n) is 12.0. The summed E-state index contributed by atoms with van der Waals surface area (Å²) in [7, 11) is 0. The molecule has 0 radical (unpaired) electrons. The Balaban J connectivity index is 2.07. The van der Waals surface area contributed by atoms with E-state index >= 15 is 0 Å². The monoisotopic (exact) mass is 269 g/mol. The van der Waals surface area contributed by atoms with Crippen molar-refractivity contribution in [2.75, 3.05) is 13.1 Å². The lowest BCUT2D eigenvalue weighted by atomic mass is 9.88. The van der Waals surface area contributed by atoms with Crippen molar-refractivity contribution in [3.63, 3.8) is 0 Å². The molecule has 1 N–H and O–H groups in total. The Morgan fingerprint density at radius 1 is 1.11 bits per heavy atom. The van der Waals surface area contributed by atoms with Gasteiger partial charge in [0.2, 0.25) is 5.91 Å². The lowest BCUT2D eigenvalue weighted by molar-refractivity contribution is -0.142. The first kappa shape index (κ1) is 14.3. The van der Waals surface area contributed by atoms with Gasteiger partial charge in [0.05, 0.1) is 24.0 Å². The Morgan fingerprint density at radius 3 is 2.16 bits per heavy atom. The first-order valence-electron chi connectivity index (χ1n) is 7.00. The van der Waals surface area contributed by atoms with Crippen molar-refractivity contribution in [2.45, 2.75) is 39.9 Å². The minimum absolute atomic E-state index is 0.0202. The molecule has 19 heavy (non-hydrogen) atoms. The smallest absolute Gasteiger partial charge is 0.308 e. The van der Waals surface area contributed by atoms with Crippen LogP contribution in [0.2, 0.25) is 0 Å². The van der Waals surface area contributed by atoms with Crippen LogP contribution in [-0.2, 0) is 14.3 Å². The molecule has 2 rings (SSSR count). The third-order valence-corrected chi connectivity index (χ3v) is 4.77. The average Bonchev–Trinajstić information content (AvgIpc) is 2.81. The van der Waals surface area contributed by atoms with Crippen LogP contribution in [0.4, 0.5) is 0 Å². The predicted molar refractivity (Wildman–Crippen MR) is 69.5 cm³/mol. The van der Waals surface area contributed by atoms with Crippen LogP contribution in [-0.4, -0.2) is 47.2 Å². The van der Waals surface area contributed by atoms with Crippen molar-refractivity contribution in [1.29, 1.82) is 0 Å². The fourth-order valence-corrected chi connectivity index (χ4v) is 3.37. The molecule has 0 aromatic heterocycles. The Morgan fingerprint density at radius 2 is 1.74 bits per heavy atom. The summed E-state index contributed by atoms with van der Waals surface area (Å²) in [6.45, 7) is 8.72. The number of likely N-dealkylation sites (tertiary alicyclic amines) is 1. The van der Waals surface area contributed by atoms with Crippen LogP contribution in [0.5, 0.6) is 0 Å². The molecular formula is C14H23NO4. The topological polar surface area (TPSA) is 66.8 Å². The van der Waals surface area contributed by atoms with E-state index in [9.17, 15) is 9.59 Å². The normalized spacial score (nSPS) is 42.6. The number of carbonyl (C=O) groups is 2. The molecule has 0 bridgehead atoms. The fraction of sp³-hybridized carbons (Fsp3) is 0.857. The van der Waals surface area contributed by atoms with Crippen molar-refractivity contribution < 1.29 is 19.4 Å². The largest absolute Gasteiger partial charge is 0.481 e. The van der Waals surface area contributed by atoms with Crippen LogP contribution in [0.1, 0.15) is 27.7 Å². The van der Waals surface area contributed by atoms with Gasteiger partial charge in [0.1, 0.15) is 0 Å². The molecule has 4 unspecified atom stereocenters. The number of hydrogen-bond donors (Lipinski definition) is 1. The summed E-state index contributed by atoms with van der Waals surface area (Å²) < 4.78 is 5.70. The summed E-state index contributed by atoms with van der Waals surface area (Å²) in [5.41, 5.74) is 0. The maximum Gasteiger partial charge on any atom is 0.308 e. The summed E-state index contributed by atoms with van der Waals surface area (Å²) in [6.07, 6.45) is -0.00377. The second kappa shape index (κ2) is 5.12. The third kappa shape index (κ3) is 2.48. The Hall–Kier alpha value is -1.10. The SMILES string of the molecule is CC1OC(C)C(C(=O)N2C[C@@H](C)[C@H](C(=O)O)C2)C1C. The predicted octanol–water partition coefficient (Wildman–Crippen LogP) is 1.23. The highest BCUT2D eigenvalue weighted by molar-refractivity contribution is 5.82. The second-order valence-electron chi connectivity index (χ2n) is 6.10. The first-order valence-corrected chi connectivity index (χ1v) is 7.00. The maximum atomic E-state index is 12.6. The summed E-state index contributed by atoms with van der Waals surface area (Å²) >= 11 is 0. The van der Waals surface area contributed by atoms with Gasteiger partial charge in [-0.25, -0.2) is 0 Å². The number of rotatable bonds is 2. The highest BCUT2D eigenvalue weighted by atomic mass is 16.5. The zero-order chi connectivity index (χ0) is 14.3. The highest BCUT2D eigenvalue weighted by Crippen LogP contribution is 2.35. The molecule has 6 atom stereocenters. The van der Waals surface area contributed by atoms with Gasteiger partial charge in [-0.05, 0) is 25.7 Å². The number of aliphatic carboxylic acids is 1.